The third-order valence-electron chi connectivity index (χ3n) is 6.63. The molecule has 46 heavy (non-hydrogen) atoms. The summed E-state index contributed by atoms with van der Waals surface area (Å²) < 4.78 is 0. The van der Waals surface area contributed by atoms with E-state index in [1.807, 2.05) is 42.5 Å². The summed E-state index contributed by atoms with van der Waals surface area (Å²) in [5.74, 6) is -1.21. The molecule has 0 aliphatic heterocycles. The molecular formula is C36H26Cl3N3O3S. The number of hydrogen-bond donors (Lipinski definition) is 3. The highest BCUT2D eigenvalue weighted by Crippen LogP contribution is 2.37. The van der Waals surface area contributed by atoms with Gasteiger partial charge in [0.15, 0.2) is 0 Å². The van der Waals surface area contributed by atoms with E-state index in [-0.39, 0.29) is 11.6 Å². The molecule has 0 radical (unpaired) electrons. The summed E-state index contributed by atoms with van der Waals surface area (Å²) in [5, 5.41) is 9.04. The second-order valence-electron chi connectivity index (χ2n) is 9.90. The maximum atomic E-state index is 13.5. The first-order valence-electron chi connectivity index (χ1n) is 14.0. The van der Waals surface area contributed by atoms with Crippen molar-refractivity contribution in [3.05, 3.63) is 165 Å². The number of benzene rings is 5. The van der Waals surface area contributed by atoms with Gasteiger partial charge in [0.1, 0.15) is 10.9 Å². The van der Waals surface area contributed by atoms with Gasteiger partial charge in [-0.05, 0) is 77.9 Å². The lowest BCUT2D eigenvalue weighted by molar-refractivity contribution is -0.116. The number of thioether (sulfide) groups is 1. The molecule has 5 aromatic rings. The summed E-state index contributed by atoms with van der Waals surface area (Å²) in [6, 6.07) is 37.0. The molecule has 5 aromatic carbocycles. The van der Waals surface area contributed by atoms with E-state index in [1.54, 1.807) is 84.9 Å². The van der Waals surface area contributed by atoms with Crippen molar-refractivity contribution in [2.75, 3.05) is 10.6 Å². The number of rotatable bonds is 10. The number of amides is 3. The van der Waals surface area contributed by atoms with Crippen LogP contribution in [0.2, 0.25) is 15.1 Å². The second kappa shape index (κ2) is 15.7. The van der Waals surface area contributed by atoms with Gasteiger partial charge in [-0.25, -0.2) is 0 Å². The predicted octanol–water partition coefficient (Wildman–Crippen LogP) is 9.53. The molecule has 6 nitrogen and oxygen atoms in total. The van der Waals surface area contributed by atoms with Crippen LogP contribution in [-0.4, -0.2) is 17.7 Å². The molecule has 10 heteroatoms. The van der Waals surface area contributed by atoms with Gasteiger partial charge in [0.05, 0.1) is 10.0 Å². The first kappa shape index (κ1) is 32.9. The van der Waals surface area contributed by atoms with Gasteiger partial charge < -0.3 is 16.0 Å². The zero-order chi connectivity index (χ0) is 32.5. The summed E-state index contributed by atoms with van der Waals surface area (Å²) in [6.07, 6.45) is 1.53. The highest BCUT2D eigenvalue weighted by molar-refractivity contribution is 8.00. The molecule has 0 spiro atoms. The number of nitrogens with one attached hydrogen (secondary N) is 3. The molecule has 0 fully saturated rings. The predicted molar refractivity (Wildman–Crippen MR) is 189 cm³/mol. The van der Waals surface area contributed by atoms with E-state index in [1.165, 1.54) is 17.8 Å². The average molecular weight is 687 g/mol. The molecule has 0 saturated heterocycles. The van der Waals surface area contributed by atoms with Crippen molar-refractivity contribution in [3.8, 4) is 0 Å². The SMILES string of the molecule is O=C(Nc1ccc(SC(C(=O)Nc2ccc(Cl)c(Cl)c2)c2ccccc2)cc1)/C(=C/c1ccccc1Cl)NC(=O)c1ccccc1. The Morgan fingerprint density at radius 2 is 1.26 bits per heavy atom. The zero-order valence-corrected chi connectivity index (χ0v) is 27.1. The van der Waals surface area contributed by atoms with Crippen LogP contribution in [0.25, 0.3) is 6.08 Å². The lowest BCUT2D eigenvalue weighted by atomic mass is 10.1. The van der Waals surface area contributed by atoms with E-state index in [0.29, 0.717) is 37.6 Å². The molecule has 230 valence electrons. The number of halogens is 3. The van der Waals surface area contributed by atoms with Gasteiger partial charge in [-0.15, -0.1) is 11.8 Å². The third kappa shape index (κ3) is 8.80. The fourth-order valence-corrected chi connectivity index (χ4v) is 5.84. The van der Waals surface area contributed by atoms with Crippen LogP contribution >= 0.6 is 46.6 Å². The molecular weight excluding hydrogens is 661 g/mol. The Balaban J connectivity index is 1.33. The minimum atomic E-state index is -0.588. The van der Waals surface area contributed by atoms with Gasteiger partial charge in [-0.1, -0.05) is 102 Å². The van der Waals surface area contributed by atoms with Crippen LogP contribution in [-0.2, 0) is 9.59 Å². The Kier molecular flexibility index (Phi) is 11.2. The Labute approximate surface area is 285 Å². The fourth-order valence-electron chi connectivity index (χ4n) is 4.32. The van der Waals surface area contributed by atoms with E-state index in [2.05, 4.69) is 16.0 Å². The standard InChI is InChI=1S/C36H26Cl3N3O3S/c37-29-14-8-7-13-25(29)21-32(42-34(43)24-11-5-2-6-12-24)35(44)40-26-15-18-28(19-16-26)46-33(23-9-3-1-4-10-23)36(45)41-27-17-20-30(38)31(39)22-27/h1-22,33H,(H,40,44)(H,41,45)(H,42,43)/b32-21-. The summed E-state index contributed by atoms with van der Waals surface area (Å²) >= 11 is 19.9. The highest BCUT2D eigenvalue weighted by atomic mass is 35.5. The summed E-state index contributed by atoms with van der Waals surface area (Å²) in [6.45, 7) is 0. The molecule has 3 amide bonds. The zero-order valence-electron chi connectivity index (χ0n) is 24.0. The smallest absolute Gasteiger partial charge is 0.272 e. The van der Waals surface area contributed by atoms with Crippen molar-refractivity contribution in [2.45, 2.75) is 10.1 Å². The highest BCUT2D eigenvalue weighted by Gasteiger charge is 2.23. The normalized spacial score (nSPS) is 11.8. The molecule has 0 saturated carbocycles. The minimum absolute atomic E-state index is 0.0171. The van der Waals surface area contributed by atoms with Gasteiger partial charge in [0, 0.05) is 26.9 Å². The molecule has 0 bridgehead atoms. The maximum absolute atomic E-state index is 13.5. The van der Waals surface area contributed by atoms with Crippen molar-refractivity contribution in [1.29, 1.82) is 0 Å². The fraction of sp³-hybridized carbons (Fsp3) is 0.0278. The van der Waals surface area contributed by atoms with E-state index >= 15 is 0 Å². The van der Waals surface area contributed by atoms with E-state index in [0.717, 1.165) is 10.5 Å². The van der Waals surface area contributed by atoms with E-state index in [4.69, 9.17) is 34.8 Å². The van der Waals surface area contributed by atoms with Crippen molar-refractivity contribution in [3.63, 3.8) is 0 Å². The van der Waals surface area contributed by atoms with Crippen LogP contribution in [0, 0.1) is 0 Å². The Morgan fingerprint density at radius 3 is 1.93 bits per heavy atom. The van der Waals surface area contributed by atoms with E-state index in [9.17, 15) is 14.4 Å². The molecule has 5 rings (SSSR count). The molecule has 3 N–H and O–H groups in total. The Bertz CT molecular complexity index is 1890. The van der Waals surface area contributed by atoms with Crippen LogP contribution in [0.3, 0.4) is 0 Å². The minimum Gasteiger partial charge on any atom is -0.325 e. The topological polar surface area (TPSA) is 87.3 Å². The number of anilines is 2. The van der Waals surface area contributed by atoms with E-state index < -0.39 is 17.1 Å². The molecule has 0 heterocycles. The van der Waals surface area contributed by atoms with Gasteiger partial charge in [0.25, 0.3) is 11.8 Å². The molecule has 1 unspecified atom stereocenters. The van der Waals surface area contributed by atoms with Crippen molar-refractivity contribution < 1.29 is 14.4 Å². The first-order chi connectivity index (χ1) is 22.3. The average Bonchev–Trinajstić information content (AvgIpc) is 3.07. The van der Waals surface area contributed by atoms with Crippen LogP contribution in [0.15, 0.2) is 138 Å². The Morgan fingerprint density at radius 1 is 0.630 bits per heavy atom. The summed E-state index contributed by atoms with van der Waals surface area (Å²) in [5.41, 5.74) is 2.82. The van der Waals surface area contributed by atoms with Crippen molar-refractivity contribution >= 4 is 81.7 Å². The summed E-state index contributed by atoms with van der Waals surface area (Å²) in [7, 11) is 0. The second-order valence-corrected chi connectivity index (χ2v) is 12.3. The van der Waals surface area contributed by atoms with Crippen molar-refractivity contribution in [2.24, 2.45) is 0 Å². The summed E-state index contributed by atoms with van der Waals surface area (Å²) in [4.78, 5) is 40.6. The van der Waals surface area contributed by atoms with Gasteiger partial charge in [-0.3, -0.25) is 14.4 Å². The molecule has 1 atom stereocenters. The first-order valence-corrected chi connectivity index (χ1v) is 16.0. The molecule has 0 aromatic heterocycles. The lowest BCUT2D eigenvalue weighted by Crippen LogP contribution is -2.30. The van der Waals surface area contributed by atoms with Gasteiger partial charge >= 0.3 is 0 Å². The molecule has 0 aliphatic rings. The van der Waals surface area contributed by atoms with Crippen LogP contribution in [0.4, 0.5) is 11.4 Å². The molecule has 0 aliphatic carbocycles. The third-order valence-corrected chi connectivity index (χ3v) is 8.98. The lowest BCUT2D eigenvalue weighted by Gasteiger charge is -2.18. The maximum Gasteiger partial charge on any atom is 0.272 e. The van der Waals surface area contributed by atoms with Gasteiger partial charge in [-0.2, -0.15) is 0 Å². The van der Waals surface area contributed by atoms with Crippen LogP contribution in [0.1, 0.15) is 26.7 Å². The number of hydrogen-bond acceptors (Lipinski definition) is 4. The van der Waals surface area contributed by atoms with Crippen molar-refractivity contribution in [1.82, 2.24) is 5.32 Å². The quantitative estimate of drug-likeness (QED) is 0.101. The van der Waals surface area contributed by atoms with Gasteiger partial charge in [0.2, 0.25) is 5.91 Å². The number of carbonyl (C=O) groups is 3. The van der Waals surface area contributed by atoms with Crippen LogP contribution in [0.5, 0.6) is 0 Å². The number of carbonyl (C=O) groups excluding carboxylic acids is 3. The van der Waals surface area contributed by atoms with Crippen LogP contribution < -0.4 is 16.0 Å². The largest absolute Gasteiger partial charge is 0.325 e. The Hall–Kier alpha value is -4.53. The monoisotopic (exact) mass is 685 g/mol.